The van der Waals surface area contributed by atoms with Crippen molar-refractivity contribution in [3.63, 3.8) is 0 Å². The highest BCUT2D eigenvalue weighted by molar-refractivity contribution is 7.98. The molecule has 0 unspecified atom stereocenters. The lowest BCUT2D eigenvalue weighted by Crippen LogP contribution is -1.99. The maximum Gasteiger partial charge on any atom is 0.169 e. The summed E-state index contributed by atoms with van der Waals surface area (Å²) in [6.07, 6.45) is 1.10. The summed E-state index contributed by atoms with van der Waals surface area (Å²) < 4.78 is 2.34. The SMILES string of the molecule is CCCn1c(SCc2ccc3ccccc3n2)nc2ccc(C)cc21. The van der Waals surface area contributed by atoms with E-state index in [-0.39, 0.29) is 0 Å². The molecule has 3 nitrogen and oxygen atoms in total. The fourth-order valence-electron chi connectivity index (χ4n) is 3.09. The quantitative estimate of drug-likeness (QED) is 0.441. The Balaban J connectivity index is 1.64. The van der Waals surface area contributed by atoms with Crippen LogP contribution in [0.1, 0.15) is 24.6 Å². The summed E-state index contributed by atoms with van der Waals surface area (Å²) in [6.45, 7) is 5.34. The van der Waals surface area contributed by atoms with Crippen molar-refractivity contribution in [2.24, 2.45) is 0 Å². The molecule has 4 heteroatoms. The number of para-hydroxylation sites is 1. The summed E-state index contributed by atoms with van der Waals surface area (Å²) in [5.74, 6) is 0.830. The van der Waals surface area contributed by atoms with Gasteiger partial charge in [-0.25, -0.2) is 4.98 Å². The smallest absolute Gasteiger partial charge is 0.169 e. The summed E-state index contributed by atoms with van der Waals surface area (Å²) >= 11 is 1.77. The second kappa shape index (κ2) is 6.89. The first-order chi connectivity index (χ1) is 12.2. The maximum atomic E-state index is 4.85. The zero-order valence-electron chi connectivity index (χ0n) is 14.6. The van der Waals surface area contributed by atoms with Crippen LogP contribution in [-0.4, -0.2) is 14.5 Å². The van der Waals surface area contributed by atoms with Crippen molar-refractivity contribution < 1.29 is 0 Å². The minimum Gasteiger partial charge on any atom is -0.319 e. The maximum absolute atomic E-state index is 4.85. The van der Waals surface area contributed by atoms with Crippen molar-refractivity contribution >= 4 is 33.7 Å². The van der Waals surface area contributed by atoms with Crippen LogP contribution in [0.3, 0.4) is 0 Å². The molecule has 126 valence electrons. The lowest BCUT2D eigenvalue weighted by atomic mass is 10.2. The van der Waals surface area contributed by atoms with E-state index in [0.29, 0.717) is 0 Å². The van der Waals surface area contributed by atoms with Crippen LogP contribution in [-0.2, 0) is 12.3 Å². The van der Waals surface area contributed by atoms with E-state index in [9.17, 15) is 0 Å². The first-order valence-corrected chi connectivity index (χ1v) is 9.67. The molecule has 0 atom stereocenters. The van der Waals surface area contributed by atoms with Gasteiger partial charge in [0.05, 0.1) is 22.2 Å². The lowest BCUT2D eigenvalue weighted by molar-refractivity contribution is 0.638. The number of pyridine rings is 1. The number of aromatic nitrogens is 3. The van der Waals surface area contributed by atoms with Crippen molar-refractivity contribution in [3.05, 3.63) is 65.9 Å². The number of fused-ring (bicyclic) bond motifs is 2. The zero-order chi connectivity index (χ0) is 17.2. The Morgan fingerprint density at radius 1 is 0.960 bits per heavy atom. The number of aryl methyl sites for hydroxylation is 2. The van der Waals surface area contributed by atoms with Crippen LogP contribution in [0, 0.1) is 6.92 Å². The summed E-state index contributed by atoms with van der Waals surface area (Å²) in [7, 11) is 0. The topological polar surface area (TPSA) is 30.7 Å². The second-order valence-electron chi connectivity index (χ2n) is 6.32. The van der Waals surface area contributed by atoms with Crippen LogP contribution >= 0.6 is 11.8 Å². The number of imidazole rings is 1. The van der Waals surface area contributed by atoms with E-state index in [1.54, 1.807) is 11.8 Å². The first kappa shape index (κ1) is 16.2. The van der Waals surface area contributed by atoms with Gasteiger partial charge in [0.25, 0.3) is 0 Å². The zero-order valence-corrected chi connectivity index (χ0v) is 15.4. The Kier molecular flexibility index (Phi) is 4.45. The minimum absolute atomic E-state index is 0.830. The molecule has 0 N–H and O–H groups in total. The fourth-order valence-corrected chi connectivity index (χ4v) is 4.03. The molecule has 2 aromatic heterocycles. The Labute approximate surface area is 152 Å². The Bertz CT molecular complexity index is 1040. The monoisotopic (exact) mass is 347 g/mol. The van der Waals surface area contributed by atoms with E-state index in [2.05, 4.69) is 60.9 Å². The highest BCUT2D eigenvalue weighted by Gasteiger charge is 2.11. The molecule has 25 heavy (non-hydrogen) atoms. The molecule has 4 rings (SSSR count). The molecule has 0 fully saturated rings. The van der Waals surface area contributed by atoms with Crippen LogP contribution in [0.5, 0.6) is 0 Å². The molecular formula is C21H21N3S. The first-order valence-electron chi connectivity index (χ1n) is 8.69. The number of thioether (sulfide) groups is 1. The third-order valence-corrected chi connectivity index (χ3v) is 5.33. The Morgan fingerprint density at radius 2 is 1.84 bits per heavy atom. The molecule has 0 aliphatic carbocycles. The fraction of sp³-hybridized carbons (Fsp3) is 0.238. The predicted molar refractivity (Wildman–Crippen MR) is 106 cm³/mol. The van der Waals surface area contributed by atoms with Gasteiger partial charge in [0.15, 0.2) is 5.16 Å². The average Bonchev–Trinajstić information content (AvgIpc) is 2.97. The molecule has 0 spiro atoms. The molecule has 0 aliphatic rings. The third kappa shape index (κ3) is 3.27. The molecule has 2 heterocycles. The Hall–Kier alpha value is -2.33. The van der Waals surface area contributed by atoms with Gasteiger partial charge in [0.1, 0.15) is 0 Å². The van der Waals surface area contributed by atoms with Crippen LogP contribution < -0.4 is 0 Å². The molecule has 4 aromatic rings. The summed E-state index contributed by atoms with van der Waals surface area (Å²) in [6, 6.07) is 19.0. The van der Waals surface area contributed by atoms with Crippen molar-refractivity contribution in [3.8, 4) is 0 Å². The van der Waals surface area contributed by atoms with E-state index < -0.39 is 0 Å². The van der Waals surface area contributed by atoms with Crippen molar-refractivity contribution in [2.75, 3.05) is 0 Å². The molecule has 0 radical (unpaired) electrons. The largest absolute Gasteiger partial charge is 0.319 e. The molecule has 0 saturated heterocycles. The van der Waals surface area contributed by atoms with Gasteiger partial charge in [0.2, 0.25) is 0 Å². The van der Waals surface area contributed by atoms with Gasteiger partial charge in [-0.3, -0.25) is 4.98 Å². The summed E-state index contributed by atoms with van der Waals surface area (Å²) in [4.78, 5) is 9.62. The Morgan fingerprint density at radius 3 is 2.72 bits per heavy atom. The van der Waals surface area contributed by atoms with Crippen molar-refractivity contribution in [2.45, 2.75) is 37.7 Å². The van der Waals surface area contributed by atoms with Crippen LogP contribution in [0.15, 0.2) is 59.8 Å². The van der Waals surface area contributed by atoms with E-state index in [1.165, 1.54) is 16.5 Å². The molecule has 0 saturated carbocycles. The van der Waals surface area contributed by atoms with Gasteiger partial charge < -0.3 is 4.57 Å². The molecular weight excluding hydrogens is 326 g/mol. The summed E-state index contributed by atoms with van der Waals surface area (Å²) in [5.41, 5.74) is 5.73. The van der Waals surface area contributed by atoms with E-state index >= 15 is 0 Å². The van der Waals surface area contributed by atoms with E-state index in [1.807, 2.05) is 12.1 Å². The number of hydrogen-bond acceptors (Lipinski definition) is 3. The number of benzene rings is 2. The van der Waals surface area contributed by atoms with Crippen LogP contribution in [0.25, 0.3) is 21.9 Å². The van der Waals surface area contributed by atoms with Gasteiger partial charge in [0, 0.05) is 17.7 Å². The predicted octanol–water partition coefficient (Wildman–Crippen LogP) is 5.60. The molecule has 0 aliphatic heterocycles. The molecule has 0 amide bonds. The number of rotatable bonds is 5. The molecule has 2 aromatic carbocycles. The van der Waals surface area contributed by atoms with Gasteiger partial charge in [-0.05, 0) is 43.2 Å². The van der Waals surface area contributed by atoms with Gasteiger partial charge in [-0.15, -0.1) is 0 Å². The normalized spacial score (nSPS) is 11.4. The van der Waals surface area contributed by atoms with Gasteiger partial charge in [-0.1, -0.05) is 49.0 Å². The average molecular weight is 347 g/mol. The second-order valence-corrected chi connectivity index (χ2v) is 7.26. The minimum atomic E-state index is 0.830. The van der Waals surface area contributed by atoms with E-state index in [4.69, 9.17) is 9.97 Å². The summed E-state index contributed by atoms with van der Waals surface area (Å²) in [5, 5.41) is 2.27. The standard InChI is InChI=1S/C21H21N3S/c1-3-12-24-20-13-15(2)8-11-19(20)23-21(24)25-14-17-10-9-16-6-4-5-7-18(16)22-17/h4-11,13H,3,12,14H2,1-2H3. The molecule has 0 bridgehead atoms. The highest BCUT2D eigenvalue weighted by atomic mass is 32.2. The van der Waals surface area contributed by atoms with Crippen molar-refractivity contribution in [1.82, 2.24) is 14.5 Å². The van der Waals surface area contributed by atoms with Crippen LogP contribution in [0.2, 0.25) is 0 Å². The van der Waals surface area contributed by atoms with Gasteiger partial charge in [-0.2, -0.15) is 0 Å². The van der Waals surface area contributed by atoms with Gasteiger partial charge >= 0.3 is 0 Å². The number of nitrogens with zero attached hydrogens (tertiary/aromatic N) is 3. The van der Waals surface area contributed by atoms with Crippen LogP contribution in [0.4, 0.5) is 0 Å². The van der Waals surface area contributed by atoms with E-state index in [0.717, 1.165) is 40.6 Å². The number of hydrogen-bond donors (Lipinski definition) is 0. The van der Waals surface area contributed by atoms with Crippen molar-refractivity contribution in [1.29, 1.82) is 0 Å². The lowest BCUT2D eigenvalue weighted by Gasteiger charge is -2.08. The highest BCUT2D eigenvalue weighted by Crippen LogP contribution is 2.28. The third-order valence-electron chi connectivity index (χ3n) is 4.32.